The molecular formula is C20H15N3. The minimum Gasteiger partial charge on any atom is -0.378 e. The number of nitrogens with zero attached hydrogens (tertiary/aromatic N) is 3. The van der Waals surface area contributed by atoms with Crippen molar-refractivity contribution in [3.8, 4) is 12.1 Å². The van der Waals surface area contributed by atoms with Crippen LogP contribution in [0.2, 0.25) is 0 Å². The van der Waals surface area contributed by atoms with Gasteiger partial charge in [-0.25, -0.2) is 0 Å². The molecule has 110 valence electrons. The zero-order chi connectivity index (χ0) is 16.4. The summed E-state index contributed by atoms with van der Waals surface area (Å²) < 4.78 is 0. The third-order valence-electron chi connectivity index (χ3n) is 3.98. The van der Waals surface area contributed by atoms with Gasteiger partial charge >= 0.3 is 0 Å². The minimum absolute atomic E-state index is 0.150. The Balaban J connectivity index is 2.17. The second-order valence-electron chi connectivity index (χ2n) is 5.56. The maximum absolute atomic E-state index is 9.20. The molecule has 2 aromatic carbocycles. The van der Waals surface area contributed by atoms with Crippen LogP contribution in [0.3, 0.4) is 0 Å². The Morgan fingerprint density at radius 1 is 0.870 bits per heavy atom. The maximum Gasteiger partial charge on any atom is 0.137 e. The molecule has 0 radical (unpaired) electrons. The third-order valence-corrected chi connectivity index (χ3v) is 3.98. The number of rotatable bonds is 2. The maximum atomic E-state index is 9.20. The predicted molar refractivity (Wildman–Crippen MR) is 92.4 cm³/mol. The average Bonchev–Trinajstić information content (AvgIpc) is 2.96. The second kappa shape index (κ2) is 5.83. The number of anilines is 1. The van der Waals surface area contributed by atoms with Crippen LogP contribution in [-0.2, 0) is 0 Å². The molecule has 0 heterocycles. The van der Waals surface area contributed by atoms with E-state index in [1.165, 1.54) is 0 Å². The van der Waals surface area contributed by atoms with Crippen molar-refractivity contribution in [1.29, 1.82) is 10.5 Å². The van der Waals surface area contributed by atoms with Crippen LogP contribution in [0.5, 0.6) is 0 Å². The summed E-state index contributed by atoms with van der Waals surface area (Å²) in [6, 6.07) is 20.1. The molecule has 0 bridgehead atoms. The monoisotopic (exact) mass is 297 g/mol. The summed E-state index contributed by atoms with van der Waals surface area (Å²) in [5.41, 5.74) is 6.11. The van der Waals surface area contributed by atoms with Crippen molar-refractivity contribution >= 4 is 16.8 Å². The summed E-state index contributed by atoms with van der Waals surface area (Å²) in [4.78, 5) is 2.05. The number of allylic oxidation sites excluding steroid dienone is 3. The Morgan fingerprint density at radius 3 is 2.04 bits per heavy atom. The molecule has 0 N–H and O–H groups in total. The lowest BCUT2D eigenvalue weighted by atomic mass is 9.98. The summed E-state index contributed by atoms with van der Waals surface area (Å²) in [5.74, 6) is 0. The van der Waals surface area contributed by atoms with E-state index in [1.54, 1.807) is 0 Å². The SMILES string of the molecule is CN(C)c1ccc(C2=CC(=C(C#N)C#N)c3ccccc32)cc1. The van der Waals surface area contributed by atoms with Crippen LogP contribution < -0.4 is 4.90 Å². The predicted octanol–water partition coefficient (Wildman–Crippen LogP) is 4.00. The number of hydrogen-bond acceptors (Lipinski definition) is 3. The molecule has 3 rings (SSSR count). The van der Waals surface area contributed by atoms with Crippen molar-refractivity contribution < 1.29 is 0 Å². The second-order valence-corrected chi connectivity index (χ2v) is 5.56. The Labute approximate surface area is 136 Å². The Morgan fingerprint density at radius 2 is 1.48 bits per heavy atom. The van der Waals surface area contributed by atoms with Crippen LogP contribution in [0.4, 0.5) is 5.69 Å². The number of hydrogen-bond donors (Lipinski definition) is 0. The summed E-state index contributed by atoms with van der Waals surface area (Å²) in [5, 5.41) is 18.4. The standard InChI is InChI=1S/C20H15N3/c1-23(2)16-9-7-14(8-10-16)19-11-20(15(12-21)13-22)18-6-4-3-5-17(18)19/h3-11H,1-2H3. The van der Waals surface area contributed by atoms with E-state index in [2.05, 4.69) is 29.2 Å². The highest BCUT2D eigenvalue weighted by molar-refractivity contribution is 6.03. The van der Waals surface area contributed by atoms with Gasteiger partial charge in [0.05, 0.1) is 0 Å². The van der Waals surface area contributed by atoms with Gasteiger partial charge in [0, 0.05) is 25.4 Å². The molecule has 0 spiro atoms. The molecule has 0 fully saturated rings. The van der Waals surface area contributed by atoms with Crippen molar-refractivity contribution in [2.24, 2.45) is 0 Å². The lowest BCUT2D eigenvalue weighted by Crippen LogP contribution is -2.08. The lowest BCUT2D eigenvalue weighted by molar-refractivity contribution is 1.13. The number of benzene rings is 2. The van der Waals surface area contributed by atoms with E-state index in [0.717, 1.165) is 28.0 Å². The fourth-order valence-electron chi connectivity index (χ4n) is 2.78. The van der Waals surface area contributed by atoms with Gasteiger partial charge in [0.15, 0.2) is 0 Å². The van der Waals surface area contributed by atoms with Crippen LogP contribution in [0.25, 0.3) is 11.1 Å². The van der Waals surface area contributed by atoms with Gasteiger partial charge in [-0.1, -0.05) is 36.4 Å². The van der Waals surface area contributed by atoms with Crippen molar-refractivity contribution in [3.63, 3.8) is 0 Å². The van der Waals surface area contributed by atoms with E-state index >= 15 is 0 Å². The van der Waals surface area contributed by atoms with Crippen molar-refractivity contribution in [2.75, 3.05) is 19.0 Å². The van der Waals surface area contributed by atoms with Gasteiger partial charge < -0.3 is 4.90 Å². The normalized spacial score (nSPS) is 12.0. The summed E-state index contributed by atoms with van der Waals surface area (Å²) in [6.07, 6.45) is 1.94. The van der Waals surface area contributed by atoms with Crippen molar-refractivity contribution in [1.82, 2.24) is 0 Å². The fraction of sp³-hybridized carbons (Fsp3) is 0.100. The highest BCUT2D eigenvalue weighted by Crippen LogP contribution is 2.40. The van der Waals surface area contributed by atoms with Gasteiger partial charge in [-0.3, -0.25) is 0 Å². The van der Waals surface area contributed by atoms with Crippen LogP contribution in [-0.4, -0.2) is 14.1 Å². The highest BCUT2D eigenvalue weighted by atomic mass is 15.1. The number of nitriles is 2. The molecule has 3 nitrogen and oxygen atoms in total. The van der Waals surface area contributed by atoms with Gasteiger partial charge in [-0.15, -0.1) is 0 Å². The molecule has 0 atom stereocenters. The zero-order valence-electron chi connectivity index (χ0n) is 13.0. The molecule has 23 heavy (non-hydrogen) atoms. The molecule has 3 heteroatoms. The van der Waals surface area contributed by atoms with E-state index in [4.69, 9.17) is 0 Å². The van der Waals surface area contributed by atoms with Gasteiger partial charge in [-0.2, -0.15) is 10.5 Å². The van der Waals surface area contributed by atoms with E-state index in [9.17, 15) is 10.5 Å². The quantitative estimate of drug-likeness (QED) is 0.787. The minimum atomic E-state index is 0.150. The lowest BCUT2D eigenvalue weighted by Gasteiger charge is -2.13. The molecule has 0 amide bonds. The first kappa shape index (κ1) is 14.6. The number of fused-ring (bicyclic) bond motifs is 1. The molecule has 1 aliphatic carbocycles. The van der Waals surface area contributed by atoms with Crippen LogP contribution in [0, 0.1) is 22.7 Å². The van der Waals surface area contributed by atoms with Gasteiger partial charge in [0.2, 0.25) is 0 Å². The Kier molecular flexibility index (Phi) is 3.71. The third kappa shape index (κ3) is 2.50. The summed E-state index contributed by atoms with van der Waals surface area (Å²) in [6.45, 7) is 0. The van der Waals surface area contributed by atoms with Gasteiger partial charge in [0.1, 0.15) is 17.7 Å². The largest absolute Gasteiger partial charge is 0.378 e. The molecule has 2 aromatic rings. The van der Waals surface area contributed by atoms with Gasteiger partial charge in [-0.05, 0) is 40.5 Å². The van der Waals surface area contributed by atoms with Gasteiger partial charge in [0.25, 0.3) is 0 Å². The van der Waals surface area contributed by atoms with E-state index in [1.807, 2.05) is 56.6 Å². The summed E-state index contributed by atoms with van der Waals surface area (Å²) >= 11 is 0. The molecular weight excluding hydrogens is 282 g/mol. The first-order valence-corrected chi connectivity index (χ1v) is 7.29. The molecule has 0 saturated heterocycles. The Hall–Kier alpha value is -3.30. The highest BCUT2D eigenvalue weighted by Gasteiger charge is 2.22. The smallest absolute Gasteiger partial charge is 0.137 e. The topological polar surface area (TPSA) is 50.8 Å². The van der Waals surface area contributed by atoms with E-state index in [-0.39, 0.29) is 5.57 Å². The summed E-state index contributed by atoms with van der Waals surface area (Å²) in [7, 11) is 4.01. The van der Waals surface area contributed by atoms with E-state index < -0.39 is 0 Å². The van der Waals surface area contributed by atoms with Crippen molar-refractivity contribution in [3.05, 3.63) is 76.9 Å². The fourth-order valence-corrected chi connectivity index (χ4v) is 2.78. The van der Waals surface area contributed by atoms with Crippen molar-refractivity contribution in [2.45, 2.75) is 0 Å². The molecule has 0 aromatic heterocycles. The van der Waals surface area contributed by atoms with Crippen LogP contribution in [0.1, 0.15) is 16.7 Å². The van der Waals surface area contributed by atoms with E-state index in [0.29, 0.717) is 5.57 Å². The molecule has 0 saturated carbocycles. The first-order valence-electron chi connectivity index (χ1n) is 7.29. The zero-order valence-corrected chi connectivity index (χ0v) is 13.0. The van der Waals surface area contributed by atoms with Crippen LogP contribution in [0.15, 0.2) is 60.2 Å². The molecule has 0 unspecified atom stereocenters. The molecule has 1 aliphatic rings. The average molecular weight is 297 g/mol. The first-order chi connectivity index (χ1) is 11.2. The van der Waals surface area contributed by atoms with Crippen LogP contribution >= 0.6 is 0 Å². The Bertz CT molecular complexity index is 885. The molecule has 0 aliphatic heterocycles.